The number of nitrogens with one attached hydrogen (secondary N) is 1. The number of hydrogen-bond acceptors (Lipinski definition) is 4. The quantitative estimate of drug-likeness (QED) is 0.582. The summed E-state index contributed by atoms with van der Waals surface area (Å²) >= 11 is 12.0. The average Bonchev–Trinajstić information content (AvgIpc) is 2.53. The van der Waals surface area contributed by atoms with Gasteiger partial charge in [0.05, 0.1) is 33.0 Å². The van der Waals surface area contributed by atoms with Crippen molar-refractivity contribution in [1.29, 1.82) is 0 Å². The van der Waals surface area contributed by atoms with Gasteiger partial charge < -0.3 is 10.4 Å². The Morgan fingerprint density at radius 3 is 2.16 bits per heavy atom. The van der Waals surface area contributed by atoms with Crippen LogP contribution in [0, 0.1) is 10.1 Å². The van der Waals surface area contributed by atoms with Crippen LogP contribution in [0.3, 0.4) is 0 Å². The van der Waals surface area contributed by atoms with E-state index in [0.717, 1.165) is 0 Å². The fraction of sp³-hybridized carbons (Fsp3) is 0.125. The highest BCUT2D eigenvalue weighted by Gasteiger charge is 2.22. The van der Waals surface area contributed by atoms with Gasteiger partial charge in [-0.3, -0.25) is 19.7 Å². The van der Waals surface area contributed by atoms with Gasteiger partial charge in [-0.05, 0) is 17.7 Å². The summed E-state index contributed by atoms with van der Waals surface area (Å²) in [7, 11) is 0. The van der Waals surface area contributed by atoms with Crippen molar-refractivity contribution in [3.63, 3.8) is 0 Å². The molecule has 0 saturated heterocycles. The van der Waals surface area contributed by atoms with Gasteiger partial charge in [0, 0.05) is 12.1 Å². The molecule has 0 heterocycles. The number of benzene rings is 2. The summed E-state index contributed by atoms with van der Waals surface area (Å²) in [6.45, 7) is 0. The van der Waals surface area contributed by atoms with Crippen LogP contribution in [0.2, 0.25) is 10.0 Å². The van der Waals surface area contributed by atoms with E-state index in [-0.39, 0.29) is 21.3 Å². The zero-order valence-corrected chi connectivity index (χ0v) is 14.1. The number of halogens is 2. The lowest BCUT2D eigenvalue weighted by molar-refractivity contribution is -0.384. The minimum absolute atomic E-state index is 0.0307. The summed E-state index contributed by atoms with van der Waals surface area (Å²) in [5.41, 5.74) is 0.297. The molecule has 0 aliphatic heterocycles. The zero-order chi connectivity index (χ0) is 18.6. The Bertz CT molecular complexity index is 804. The van der Waals surface area contributed by atoms with Crippen molar-refractivity contribution in [1.82, 2.24) is 5.32 Å². The normalized spacial score (nSPS) is 11.6. The first-order chi connectivity index (χ1) is 11.8. The molecule has 0 radical (unpaired) electrons. The summed E-state index contributed by atoms with van der Waals surface area (Å²) in [5, 5.41) is 22.6. The first kappa shape index (κ1) is 18.7. The van der Waals surface area contributed by atoms with Crippen molar-refractivity contribution in [3.05, 3.63) is 73.8 Å². The van der Waals surface area contributed by atoms with Gasteiger partial charge in [0.1, 0.15) is 0 Å². The second-order valence-electron chi connectivity index (χ2n) is 5.07. The highest BCUT2D eigenvalue weighted by atomic mass is 35.5. The summed E-state index contributed by atoms with van der Waals surface area (Å²) in [4.78, 5) is 33.7. The number of carbonyl (C=O) groups excluding carboxylic acids is 1. The van der Waals surface area contributed by atoms with Crippen LogP contribution in [0.25, 0.3) is 0 Å². The van der Waals surface area contributed by atoms with E-state index in [1.54, 1.807) is 6.07 Å². The molecule has 130 valence electrons. The topological polar surface area (TPSA) is 110 Å². The molecule has 0 saturated carbocycles. The van der Waals surface area contributed by atoms with Gasteiger partial charge in [0.15, 0.2) is 0 Å². The molecule has 0 spiro atoms. The first-order valence-corrected chi connectivity index (χ1v) is 7.76. The highest BCUT2D eigenvalue weighted by Crippen LogP contribution is 2.26. The molecule has 2 aromatic carbocycles. The molecule has 0 unspecified atom stereocenters. The molecule has 0 aromatic heterocycles. The summed E-state index contributed by atoms with van der Waals surface area (Å²) in [5.74, 6) is -1.78. The molecule has 25 heavy (non-hydrogen) atoms. The van der Waals surface area contributed by atoms with Crippen LogP contribution >= 0.6 is 23.2 Å². The van der Waals surface area contributed by atoms with E-state index in [1.807, 2.05) is 0 Å². The maximum Gasteiger partial charge on any atom is 0.305 e. The average molecular weight is 383 g/mol. The first-order valence-electron chi connectivity index (χ1n) is 7.00. The molecule has 1 amide bonds. The van der Waals surface area contributed by atoms with Gasteiger partial charge in [0.2, 0.25) is 0 Å². The van der Waals surface area contributed by atoms with E-state index in [4.69, 9.17) is 28.3 Å². The lowest BCUT2D eigenvalue weighted by atomic mass is 10.0. The van der Waals surface area contributed by atoms with E-state index >= 15 is 0 Å². The number of rotatable bonds is 6. The number of carboxylic acids is 1. The maximum absolute atomic E-state index is 12.4. The Morgan fingerprint density at radius 2 is 1.68 bits per heavy atom. The Kier molecular flexibility index (Phi) is 5.95. The van der Waals surface area contributed by atoms with Crippen molar-refractivity contribution in [3.8, 4) is 0 Å². The fourth-order valence-corrected chi connectivity index (χ4v) is 2.77. The van der Waals surface area contributed by atoms with Gasteiger partial charge in [-0.2, -0.15) is 0 Å². The smallest absolute Gasteiger partial charge is 0.305 e. The largest absolute Gasteiger partial charge is 0.481 e. The van der Waals surface area contributed by atoms with Crippen LogP contribution in [-0.4, -0.2) is 21.9 Å². The van der Waals surface area contributed by atoms with Gasteiger partial charge in [-0.25, -0.2) is 0 Å². The van der Waals surface area contributed by atoms with E-state index < -0.39 is 29.3 Å². The Balaban J connectivity index is 2.30. The van der Waals surface area contributed by atoms with Crippen LogP contribution in [0.15, 0.2) is 42.5 Å². The molecule has 0 bridgehead atoms. The summed E-state index contributed by atoms with van der Waals surface area (Å²) in [6, 6.07) is 8.89. The second-order valence-corrected chi connectivity index (χ2v) is 5.88. The molecular weight excluding hydrogens is 371 g/mol. The van der Waals surface area contributed by atoms with E-state index in [9.17, 15) is 19.7 Å². The molecule has 2 aromatic rings. The lowest BCUT2D eigenvalue weighted by Crippen LogP contribution is -2.30. The minimum Gasteiger partial charge on any atom is -0.481 e. The van der Waals surface area contributed by atoms with Crippen LogP contribution < -0.4 is 5.32 Å². The number of nitro benzene ring substituents is 1. The number of nitrogens with zero attached hydrogens (tertiary/aromatic N) is 1. The van der Waals surface area contributed by atoms with Gasteiger partial charge in [-0.1, -0.05) is 41.4 Å². The number of nitro groups is 1. The fourth-order valence-electron chi connectivity index (χ4n) is 2.20. The molecule has 7 nitrogen and oxygen atoms in total. The molecule has 0 aliphatic rings. The van der Waals surface area contributed by atoms with Crippen LogP contribution in [0.4, 0.5) is 5.69 Å². The predicted octanol–water partition coefficient (Wildman–Crippen LogP) is 3.85. The lowest BCUT2D eigenvalue weighted by Gasteiger charge is -2.18. The van der Waals surface area contributed by atoms with E-state index in [0.29, 0.717) is 5.56 Å². The SMILES string of the molecule is O=C(O)C[C@@H](NC(=O)c1c(Cl)cccc1Cl)c1ccc([N+](=O)[O-])cc1. The number of hydrogen-bond donors (Lipinski definition) is 2. The summed E-state index contributed by atoms with van der Waals surface area (Å²) < 4.78 is 0. The molecule has 1 atom stereocenters. The van der Waals surface area contributed by atoms with Crippen LogP contribution in [0.1, 0.15) is 28.4 Å². The van der Waals surface area contributed by atoms with Crippen molar-refractivity contribution in [2.75, 3.05) is 0 Å². The molecule has 0 fully saturated rings. The molecular formula is C16H12Cl2N2O5. The van der Waals surface area contributed by atoms with Crippen molar-refractivity contribution in [2.24, 2.45) is 0 Å². The van der Waals surface area contributed by atoms with Crippen molar-refractivity contribution >= 4 is 40.8 Å². The molecule has 0 aliphatic carbocycles. The van der Waals surface area contributed by atoms with Gasteiger partial charge in [0.25, 0.3) is 11.6 Å². The number of carbonyl (C=O) groups is 2. The van der Waals surface area contributed by atoms with E-state index in [2.05, 4.69) is 5.32 Å². The third kappa shape index (κ3) is 4.68. The predicted molar refractivity (Wildman–Crippen MR) is 92.0 cm³/mol. The second kappa shape index (κ2) is 7.96. The molecule has 2 N–H and O–H groups in total. The Labute approximate surface area is 152 Å². The standard InChI is InChI=1S/C16H12Cl2N2O5/c17-11-2-1-3-12(18)15(11)16(23)19-13(8-14(21)22)9-4-6-10(7-5-9)20(24)25/h1-7,13H,8H2,(H,19,23)(H,21,22)/t13-/m1/s1. The molecule has 9 heteroatoms. The zero-order valence-electron chi connectivity index (χ0n) is 12.6. The summed E-state index contributed by atoms with van der Waals surface area (Å²) in [6.07, 6.45) is -0.411. The highest BCUT2D eigenvalue weighted by molar-refractivity contribution is 6.39. The Hall–Kier alpha value is -2.64. The molecule has 2 rings (SSSR count). The number of carboxylic acid groups (broad SMARTS) is 1. The number of non-ortho nitro benzene ring substituents is 1. The maximum atomic E-state index is 12.4. The van der Waals surface area contributed by atoms with Crippen LogP contribution in [0.5, 0.6) is 0 Å². The van der Waals surface area contributed by atoms with Gasteiger partial charge >= 0.3 is 5.97 Å². The van der Waals surface area contributed by atoms with E-state index in [1.165, 1.54) is 36.4 Å². The van der Waals surface area contributed by atoms with Crippen molar-refractivity contribution in [2.45, 2.75) is 12.5 Å². The van der Waals surface area contributed by atoms with Gasteiger partial charge in [-0.15, -0.1) is 0 Å². The van der Waals surface area contributed by atoms with Crippen molar-refractivity contribution < 1.29 is 19.6 Å². The third-order valence-corrected chi connectivity index (χ3v) is 4.01. The number of amides is 1. The minimum atomic E-state index is -1.14. The third-order valence-electron chi connectivity index (χ3n) is 3.38. The monoisotopic (exact) mass is 382 g/mol. The van der Waals surface area contributed by atoms with Crippen LogP contribution in [-0.2, 0) is 4.79 Å². The number of aliphatic carboxylic acids is 1. The Morgan fingerprint density at radius 1 is 1.12 bits per heavy atom.